The second kappa shape index (κ2) is 7.94. The van der Waals surface area contributed by atoms with Crippen molar-refractivity contribution in [3.63, 3.8) is 0 Å². The van der Waals surface area contributed by atoms with Gasteiger partial charge in [0.05, 0.1) is 12.6 Å². The second-order valence-electron chi connectivity index (χ2n) is 8.90. The monoisotopic (exact) mass is 399 g/mol. The maximum absolute atomic E-state index is 12.4. The third kappa shape index (κ3) is 3.95. The molecule has 4 heteroatoms. The Morgan fingerprint density at radius 1 is 1.17 bits per heavy atom. The van der Waals surface area contributed by atoms with Crippen molar-refractivity contribution in [1.82, 2.24) is 5.43 Å². The van der Waals surface area contributed by atoms with Crippen molar-refractivity contribution < 1.29 is 4.79 Å². The molecule has 30 heavy (non-hydrogen) atoms. The van der Waals surface area contributed by atoms with E-state index < -0.39 is 0 Å². The zero-order valence-corrected chi connectivity index (χ0v) is 18.1. The Balaban J connectivity index is 1.45. The first-order chi connectivity index (χ1) is 14.3. The van der Waals surface area contributed by atoms with Gasteiger partial charge in [-0.05, 0) is 65.8 Å². The molecular formula is C26H29N3O. The molecule has 1 unspecified atom stereocenters. The number of hydrogen-bond acceptors (Lipinski definition) is 3. The van der Waals surface area contributed by atoms with Crippen molar-refractivity contribution in [1.29, 1.82) is 0 Å². The first-order valence-corrected chi connectivity index (χ1v) is 10.5. The lowest BCUT2D eigenvalue weighted by Crippen LogP contribution is -2.45. The average Bonchev–Trinajstić information content (AvgIpc) is 2.72. The third-order valence-corrected chi connectivity index (χ3v) is 6.29. The molecule has 1 aliphatic heterocycles. The molecule has 0 spiro atoms. The number of carbonyl (C=O) groups excluding carboxylic acids is 1. The average molecular weight is 400 g/mol. The zero-order valence-electron chi connectivity index (χ0n) is 18.1. The minimum Gasteiger partial charge on any atom is -0.369 e. The number of anilines is 1. The summed E-state index contributed by atoms with van der Waals surface area (Å²) in [5.41, 5.74) is 7.45. The van der Waals surface area contributed by atoms with Gasteiger partial charge in [-0.2, -0.15) is 5.10 Å². The van der Waals surface area contributed by atoms with Gasteiger partial charge < -0.3 is 4.90 Å². The molecule has 0 aromatic heterocycles. The van der Waals surface area contributed by atoms with E-state index in [0.29, 0.717) is 12.3 Å². The SMILES string of the molecule is CC1CC(C)(C)N(C)c2ccc(/C=N/NC(=O)Cc3cccc4ccccc34)cc21. The Kier molecular flexibility index (Phi) is 5.33. The van der Waals surface area contributed by atoms with Crippen LogP contribution in [0.3, 0.4) is 0 Å². The largest absolute Gasteiger partial charge is 0.369 e. The van der Waals surface area contributed by atoms with Gasteiger partial charge in [0.1, 0.15) is 0 Å². The van der Waals surface area contributed by atoms with Gasteiger partial charge in [0.2, 0.25) is 5.91 Å². The smallest absolute Gasteiger partial charge is 0.244 e. The fourth-order valence-electron chi connectivity index (χ4n) is 4.51. The van der Waals surface area contributed by atoms with E-state index in [1.807, 2.05) is 30.3 Å². The fraction of sp³-hybridized carbons (Fsp3) is 0.308. The molecule has 4 nitrogen and oxygen atoms in total. The Morgan fingerprint density at radius 2 is 1.93 bits per heavy atom. The van der Waals surface area contributed by atoms with Crippen molar-refractivity contribution in [2.45, 2.75) is 45.1 Å². The summed E-state index contributed by atoms with van der Waals surface area (Å²) in [5.74, 6) is 0.371. The van der Waals surface area contributed by atoms with E-state index >= 15 is 0 Å². The molecule has 1 N–H and O–H groups in total. The lowest BCUT2D eigenvalue weighted by atomic mass is 9.80. The highest BCUT2D eigenvalue weighted by atomic mass is 16.2. The first-order valence-electron chi connectivity index (χ1n) is 10.5. The maximum Gasteiger partial charge on any atom is 0.244 e. The molecule has 3 aromatic carbocycles. The molecule has 0 radical (unpaired) electrons. The van der Waals surface area contributed by atoms with Gasteiger partial charge in [0.25, 0.3) is 0 Å². The molecule has 1 atom stereocenters. The number of nitrogens with one attached hydrogen (secondary N) is 1. The molecule has 1 amide bonds. The Morgan fingerprint density at radius 3 is 2.77 bits per heavy atom. The number of rotatable bonds is 4. The van der Waals surface area contributed by atoms with E-state index in [1.165, 1.54) is 11.3 Å². The fourth-order valence-corrected chi connectivity index (χ4v) is 4.51. The van der Waals surface area contributed by atoms with E-state index in [4.69, 9.17) is 0 Å². The van der Waals surface area contributed by atoms with E-state index in [0.717, 1.165) is 28.3 Å². The molecule has 0 aliphatic carbocycles. The summed E-state index contributed by atoms with van der Waals surface area (Å²) in [5, 5.41) is 6.45. The van der Waals surface area contributed by atoms with Crippen LogP contribution in [0.5, 0.6) is 0 Å². The van der Waals surface area contributed by atoms with Crippen LogP contribution in [0, 0.1) is 0 Å². The van der Waals surface area contributed by atoms with E-state index in [2.05, 4.69) is 73.6 Å². The Hall–Kier alpha value is -3.14. The highest BCUT2D eigenvalue weighted by Gasteiger charge is 2.33. The van der Waals surface area contributed by atoms with Crippen LogP contribution < -0.4 is 10.3 Å². The number of benzene rings is 3. The van der Waals surface area contributed by atoms with Gasteiger partial charge >= 0.3 is 0 Å². The summed E-state index contributed by atoms with van der Waals surface area (Å²) in [6, 6.07) is 20.6. The molecule has 1 heterocycles. The third-order valence-electron chi connectivity index (χ3n) is 6.29. The first kappa shape index (κ1) is 20.1. The highest BCUT2D eigenvalue weighted by Crippen LogP contribution is 2.42. The lowest BCUT2D eigenvalue weighted by Gasteiger charge is -2.45. The van der Waals surface area contributed by atoms with Gasteiger partial charge in [-0.1, -0.05) is 55.5 Å². The highest BCUT2D eigenvalue weighted by molar-refractivity contribution is 5.90. The van der Waals surface area contributed by atoms with E-state index in [1.54, 1.807) is 6.21 Å². The van der Waals surface area contributed by atoms with Crippen LogP contribution in [0.25, 0.3) is 10.8 Å². The van der Waals surface area contributed by atoms with Gasteiger partial charge in [0, 0.05) is 18.3 Å². The zero-order chi connectivity index (χ0) is 21.3. The quantitative estimate of drug-likeness (QED) is 0.481. The van der Waals surface area contributed by atoms with Crippen LogP contribution in [0.15, 0.2) is 65.8 Å². The van der Waals surface area contributed by atoms with Gasteiger partial charge in [0.15, 0.2) is 0 Å². The van der Waals surface area contributed by atoms with Crippen molar-refractivity contribution in [2.24, 2.45) is 5.10 Å². The maximum atomic E-state index is 12.4. The number of fused-ring (bicyclic) bond motifs is 2. The molecular weight excluding hydrogens is 370 g/mol. The summed E-state index contributed by atoms with van der Waals surface area (Å²) in [7, 11) is 2.16. The van der Waals surface area contributed by atoms with Crippen LogP contribution in [0.1, 0.15) is 49.8 Å². The summed E-state index contributed by atoms with van der Waals surface area (Å²) in [6.07, 6.45) is 3.15. The lowest BCUT2D eigenvalue weighted by molar-refractivity contribution is -0.120. The molecule has 0 fully saturated rings. The second-order valence-corrected chi connectivity index (χ2v) is 8.90. The number of carbonyl (C=O) groups is 1. The number of amides is 1. The van der Waals surface area contributed by atoms with Crippen molar-refractivity contribution in [3.8, 4) is 0 Å². The van der Waals surface area contributed by atoms with Crippen molar-refractivity contribution in [3.05, 3.63) is 77.4 Å². The normalized spacial score (nSPS) is 17.9. The molecule has 3 aromatic rings. The minimum atomic E-state index is -0.115. The van der Waals surface area contributed by atoms with Crippen LogP contribution in [0.2, 0.25) is 0 Å². The van der Waals surface area contributed by atoms with Crippen molar-refractivity contribution in [2.75, 3.05) is 11.9 Å². The summed E-state index contributed by atoms with van der Waals surface area (Å²) >= 11 is 0. The minimum absolute atomic E-state index is 0.115. The molecule has 0 saturated heterocycles. The van der Waals surface area contributed by atoms with Crippen LogP contribution in [-0.4, -0.2) is 24.7 Å². The summed E-state index contributed by atoms with van der Waals surface area (Å²) in [6.45, 7) is 6.85. The Labute approximate surface area is 178 Å². The standard InChI is InChI=1S/C26H29N3O/c1-18-16-26(2,3)29(4)24-13-12-19(14-23(18)24)17-27-28-25(30)15-21-10-7-9-20-8-5-6-11-22(20)21/h5-14,17-18H,15-16H2,1-4H3,(H,28,30)/b27-17+. The van der Waals surface area contributed by atoms with Crippen LogP contribution in [-0.2, 0) is 11.2 Å². The molecule has 4 rings (SSSR count). The summed E-state index contributed by atoms with van der Waals surface area (Å²) < 4.78 is 0. The topological polar surface area (TPSA) is 44.7 Å². The van der Waals surface area contributed by atoms with Crippen LogP contribution >= 0.6 is 0 Å². The van der Waals surface area contributed by atoms with E-state index in [-0.39, 0.29) is 11.4 Å². The number of nitrogens with zero attached hydrogens (tertiary/aromatic N) is 2. The number of hydrazone groups is 1. The Bertz CT molecular complexity index is 1110. The van der Waals surface area contributed by atoms with Gasteiger partial charge in [-0.25, -0.2) is 5.43 Å². The van der Waals surface area contributed by atoms with Gasteiger partial charge in [-0.15, -0.1) is 0 Å². The predicted octanol–water partition coefficient (Wildman–Crippen LogP) is 5.25. The van der Waals surface area contributed by atoms with Crippen LogP contribution in [0.4, 0.5) is 5.69 Å². The molecule has 1 aliphatic rings. The molecule has 0 saturated carbocycles. The summed E-state index contributed by atoms with van der Waals surface area (Å²) in [4.78, 5) is 14.8. The molecule has 154 valence electrons. The van der Waals surface area contributed by atoms with Gasteiger partial charge in [-0.3, -0.25) is 4.79 Å². The van der Waals surface area contributed by atoms with Crippen molar-refractivity contribution >= 4 is 28.6 Å². The number of hydrogen-bond donors (Lipinski definition) is 1. The molecule has 0 bridgehead atoms. The predicted molar refractivity (Wildman–Crippen MR) is 125 cm³/mol. The van der Waals surface area contributed by atoms with E-state index in [9.17, 15) is 4.79 Å².